The van der Waals surface area contributed by atoms with Crippen LogP contribution in [0.1, 0.15) is 33.5 Å². The number of rotatable bonds is 7. The molecule has 7 nitrogen and oxygen atoms in total. The number of aliphatic imine (C=N–C) groups is 1. The molecule has 1 heterocycles. The topological polar surface area (TPSA) is 96.3 Å². The second-order valence-electron chi connectivity index (χ2n) is 7.17. The number of carboxylic acid groups (broad SMARTS) is 1. The lowest BCUT2D eigenvalue weighted by Gasteiger charge is -2.20. The van der Waals surface area contributed by atoms with E-state index in [4.69, 9.17) is 9.84 Å². The summed E-state index contributed by atoms with van der Waals surface area (Å²) in [7, 11) is -0.548. The number of hydrogen-bond acceptors (Lipinski definition) is 5. The van der Waals surface area contributed by atoms with Gasteiger partial charge < -0.3 is 9.84 Å². The lowest BCUT2D eigenvalue weighted by molar-refractivity contribution is 0.0697. The third-order valence-electron chi connectivity index (χ3n) is 5.05. The summed E-state index contributed by atoms with van der Waals surface area (Å²) in [6.07, 6.45) is 1.01. The third-order valence-corrected chi connectivity index (χ3v) is 7.22. The second kappa shape index (κ2) is 7.96. The smallest absolute Gasteiger partial charge is 0.335 e. The minimum absolute atomic E-state index is 0.227. The van der Waals surface area contributed by atoms with E-state index in [1.807, 2.05) is 0 Å². The Morgan fingerprint density at radius 2 is 1.86 bits per heavy atom. The van der Waals surface area contributed by atoms with Gasteiger partial charge in [-0.15, -0.1) is 0 Å². The number of carboxylic acids is 1. The summed E-state index contributed by atoms with van der Waals surface area (Å²) in [4.78, 5) is 15.9. The van der Waals surface area contributed by atoms with Crippen molar-refractivity contribution < 1.29 is 23.1 Å². The Balaban J connectivity index is 1.73. The molecule has 0 unspecified atom stereocenters. The predicted octanol–water partition coefficient (Wildman–Crippen LogP) is 3.35. The lowest BCUT2D eigenvalue weighted by Crippen LogP contribution is -2.30. The van der Waals surface area contributed by atoms with Gasteiger partial charge in [0.1, 0.15) is 5.75 Å². The average molecular weight is 416 g/mol. The molecule has 0 radical (unpaired) electrons. The molecule has 1 N–H and O–H groups in total. The molecule has 0 saturated heterocycles. The number of aromatic carboxylic acids is 1. The van der Waals surface area contributed by atoms with E-state index in [1.165, 1.54) is 10.4 Å². The van der Waals surface area contributed by atoms with Crippen LogP contribution in [-0.2, 0) is 16.4 Å². The van der Waals surface area contributed by atoms with Crippen molar-refractivity contribution in [2.24, 2.45) is 4.99 Å². The van der Waals surface area contributed by atoms with E-state index in [0.29, 0.717) is 34.6 Å². The Morgan fingerprint density at radius 3 is 2.45 bits per heavy atom. The molecule has 0 atom stereocenters. The molecule has 3 rings (SSSR count). The molecule has 2 aromatic carbocycles. The van der Waals surface area contributed by atoms with Crippen LogP contribution in [0.4, 0.5) is 5.69 Å². The molecular weight excluding hydrogens is 392 g/mol. The molecule has 8 heteroatoms. The van der Waals surface area contributed by atoms with Gasteiger partial charge in [0, 0.05) is 25.7 Å². The van der Waals surface area contributed by atoms with Crippen molar-refractivity contribution in [1.82, 2.24) is 4.31 Å². The van der Waals surface area contributed by atoms with E-state index in [9.17, 15) is 13.2 Å². The molecule has 0 aromatic heterocycles. The van der Waals surface area contributed by atoms with Gasteiger partial charge in [-0.1, -0.05) is 0 Å². The number of fused-ring (bicyclic) bond motifs is 1. The van der Waals surface area contributed by atoms with E-state index in [2.05, 4.69) is 4.99 Å². The highest BCUT2D eigenvalue weighted by molar-refractivity contribution is 7.89. The van der Waals surface area contributed by atoms with Crippen molar-refractivity contribution in [3.63, 3.8) is 0 Å². The molecule has 0 bridgehead atoms. The molecule has 0 spiro atoms. The van der Waals surface area contributed by atoms with Crippen LogP contribution in [-0.4, -0.2) is 50.2 Å². The molecule has 0 amide bonds. The highest BCUT2D eigenvalue weighted by Crippen LogP contribution is 2.30. The Labute approximate surface area is 170 Å². The minimum atomic E-state index is -3.66. The molecule has 29 heavy (non-hydrogen) atoms. The fraction of sp³-hybridized carbons (Fsp3) is 0.333. The SMILES string of the molecule is COc1cc(C)c(S(=O)(=O)N(C)CCC2=Nc3ccc(C(=O)O)cc3C2)c(C)c1. The molecule has 0 fully saturated rings. The summed E-state index contributed by atoms with van der Waals surface area (Å²) in [6.45, 7) is 3.80. The quantitative estimate of drug-likeness (QED) is 0.747. The normalized spacial score (nSPS) is 13.3. The zero-order valence-electron chi connectivity index (χ0n) is 16.9. The van der Waals surface area contributed by atoms with Crippen LogP contribution in [0.3, 0.4) is 0 Å². The number of methoxy groups -OCH3 is 1. The molecule has 1 aliphatic heterocycles. The van der Waals surface area contributed by atoms with Crippen LogP contribution in [0.2, 0.25) is 0 Å². The van der Waals surface area contributed by atoms with Crippen molar-refractivity contribution in [1.29, 1.82) is 0 Å². The third kappa shape index (κ3) is 4.18. The summed E-state index contributed by atoms with van der Waals surface area (Å²) in [6, 6.07) is 8.27. The van der Waals surface area contributed by atoms with Gasteiger partial charge in [-0.3, -0.25) is 4.99 Å². The Kier molecular flexibility index (Phi) is 5.77. The zero-order valence-corrected chi connectivity index (χ0v) is 17.7. The second-order valence-corrected chi connectivity index (χ2v) is 9.15. The van der Waals surface area contributed by atoms with Crippen LogP contribution in [0, 0.1) is 13.8 Å². The molecule has 0 saturated carbocycles. The van der Waals surface area contributed by atoms with Gasteiger partial charge in [0.05, 0.1) is 23.3 Å². The number of hydrogen-bond donors (Lipinski definition) is 1. The number of nitrogens with zero attached hydrogens (tertiary/aromatic N) is 2. The van der Waals surface area contributed by atoms with Gasteiger partial charge in [-0.05, 0) is 67.3 Å². The fourth-order valence-corrected chi connectivity index (χ4v) is 5.12. The predicted molar refractivity (Wildman–Crippen MR) is 111 cm³/mol. The Morgan fingerprint density at radius 1 is 1.21 bits per heavy atom. The first-order chi connectivity index (χ1) is 13.6. The van der Waals surface area contributed by atoms with E-state index in [0.717, 1.165) is 17.0 Å². The monoisotopic (exact) mass is 416 g/mol. The van der Waals surface area contributed by atoms with Gasteiger partial charge in [-0.25, -0.2) is 17.5 Å². The van der Waals surface area contributed by atoms with Gasteiger partial charge in [-0.2, -0.15) is 0 Å². The van der Waals surface area contributed by atoms with Gasteiger partial charge in [0.25, 0.3) is 0 Å². The molecule has 1 aliphatic rings. The van der Waals surface area contributed by atoms with Crippen molar-refractivity contribution in [2.45, 2.75) is 31.6 Å². The van der Waals surface area contributed by atoms with Crippen LogP contribution < -0.4 is 4.74 Å². The summed E-state index contributed by atoms with van der Waals surface area (Å²) < 4.78 is 32.7. The van der Waals surface area contributed by atoms with Crippen molar-refractivity contribution in [3.8, 4) is 5.75 Å². The van der Waals surface area contributed by atoms with E-state index in [-0.39, 0.29) is 12.1 Å². The van der Waals surface area contributed by atoms with Gasteiger partial charge in [0.15, 0.2) is 0 Å². The zero-order chi connectivity index (χ0) is 21.3. The summed E-state index contributed by atoms with van der Waals surface area (Å²) in [5.74, 6) is -0.349. The maximum Gasteiger partial charge on any atom is 0.335 e. The van der Waals surface area contributed by atoms with Gasteiger partial charge >= 0.3 is 5.97 Å². The number of benzene rings is 2. The van der Waals surface area contributed by atoms with Crippen molar-refractivity contribution >= 4 is 27.4 Å². The summed E-state index contributed by atoms with van der Waals surface area (Å²) >= 11 is 0. The van der Waals surface area contributed by atoms with Gasteiger partial charge in [0.2, 0.25) is 10.0 Å². The maximum atomic E-state index is 13.1. The standard InChI is InChI=1S/C21H24N2O5S/c1-13-9-18(28-4)10-14(2)20(13)29(26,27)23(3)8-7-17-12-16-11-15(21(24)25)5-6-19(16)22-17/h5-6,9-11H,7-8,12H2,1-4H3,(H,24,25). The minimum Gasteiger partial charge on any atom is -0.497 e. The maximum absolute atomic E-state index is 13.1. The first kappa shape index (κ1) is 21.0. The van der Waals surface area contributed by atoms with E-state index >= 15 is 0 Å². The largest absolute Gasteiger partial charge is 0.497 e. The summed E-state index contributed by atoms with van der Waals surface area (Å²) in [5, 5.41) is 9.11. The highest BCUT2D eigenvalue weighted by atomic mass is 32.2. The lowest BCUT2D eigenvalue weighted by atomic mass is 10.1. The van der Waals surface area contributed by atoms with Crippen LogP contribution in [0.25, 0.3) is 0 Å². The number of sulfonamides is 1. The van der Waals surface area contributed by atoms with Crippen LogP contribution in [0.5, 0.6) is 5.75 Å². The number of ether oxygens (including phenoxy) is 1. The molecule has 154 valence electrons. The molecule has 0 aliphatic carbocycles. The first-order valence-corrected chi connectivity index (χ1v) is 10.6. The number of carbonyl (C=O) groups is 1. The van der Waals surface area contributed by atoms with E-state index in [1.54, 1.807) is 52.3 Å². The van der Waals surface area contributed by atoms with Crippen LogP contribution in [0.15, 0.2) is 40.2 Å². The summed E-state index contributed by atoms with van der Waals surface area (Å²) in [5.41, 5.74) is 3.95. The highest BCUT2D eigenvalue weighted by Gasteiger charge is 2.26. The first-order valence-electron chi connectivity index (χ1n) is 9.17. The van der Waals surface area contributed by atoms with Crippen molar-refractivity contribution in [3.05, 3.63) is 52.6 Å². The van der Waals surface area contributed by atoms with Crippen LogP contribution >= 0.6 is 0 Å². The van der Waals surface area contributed by atoms with E-state index < -0.39 is 16.0 Å². The Bertz CT molecular complexity index is 1080. The average Bonchev–Trinajstić information content (AvgIpc) is 3.07. The molecular formula is C21H24N2O5S. The molecule has 2 aromatic rings. The Hall–Kier alpha value is -2.71. The fourth-order valence-electron chi connectivity index (χ4n) is 3.54. The number of aryl methyl sites for hydroxylation is 2. The van der Waals surface area contributed by atoms with Crippen molar-refractivity contribution in [2.75, 3.05) is 20.7 Å².